The van der Waals surface area contributed by atoms with Gasteiger partial charge < -0.3 is 24.7 Å². The molecule has 0 bridgehead atoms. The number of allylic oxidation sites excluding steroid dienone is 1. The van der Waals surface area contributed by atoms with E-state index in [-0.39, 0.29) is 12.7 Å². The second kappa shape index (κ2) is 7.78. The van der Waals surface area contributed by atoms with Gasteiger partial charge in [0.05, 0.1) is 5.92 Å². The number of fused-ring (bicyclic) bond motifs is 2. The van der Waals surface area contributed by atoms with Crippen LogP contribution in [0, 0.1) is 11.3 Å². The van der Waals surface area contributed by atoms with Crippen LogP contribution in [0.1, 0.15) is 22.6 Å². The van der Waals surface area contributed by atoms with Gasteiger partial charge in [-0.05, 0) is 29.8 Å². The van der Waals surface area contributed by atoms with Crippen molar-refractivity contribution in [1.29, 1.82) is 5.26 Å². The summed E-state index contributed by atoms with van der Waals surface area (Å²) in [5, 5.41) is 10.5. The van der Waals surface area contributed by atoms with Gasteiger partial charge in [-0.1, -0.05) is 41.9 Å². The van der Waals surface area contributed by atoms with Crippen LogP contribution in [0.3, 0.4) is 0 Å². The first-order chi connectivity index (χ1) is 15.1. The third kappa shape index (κ3) is 3.49. The fraction of sp³-hybridized carbons (Fsp3) is 0.125. The number of benzene rings is 3. The SMILES string of the molecule is N#CC1=C(N)Oc2cc3c(cc2C1c1ccccc1OCc1ccc(Cl)cc1)OCO3. The van der Waals surface area contributed by atoms with Gasteiger partial charge in [-0.2, -0.15) is 5.26 Å². The molecule has 0 fully saturated rings. The molecule has 0 aliphatic carbocycles. The number of nitrogens with two attached hydrogens (primary N) is 1. The maximum Gasteiger partial charge on any atom is 0.231 e. The highest BCUT2D eigenvalue weighted by molar-refractivity contribution is 6.30. The third-order valence-electron chi connectivity index (χ3n) is 5.25. The average Bonchev–Trinajstić information content (AvgIpc) is 3.24. The number of hydrogen-bond acceptors (Lipinski definition) is 6. The van der Waals surface area contributed by atoms with Gasteiger partial charge in [-0.25, -0.2) is 0 Å². The topological polar surface area (TPSA) is 86.7 Å². The van der Waals surface area contributed by atoms with Gasteiger partial charge in [0.1, 0.15) is 29.7 Å². The average molecular weight is 433 g/mol. The van der Waals surface area contributed by atoms with E-state index in [1.165, 1.54) is 0 Å². The number of nitrogens with zero attached hydrogens (tertiary/aromatic N) is 1. The minimum absolute atomic E-state index is 0.0615. The van der Waals surface area contributed by atoms with Crippen LogP contribution in [0.4, 0.5) is 0 Å². The minimum atomic E-state index is -0.468. The Morgan fingerprint density at radius 3 is 2.52 bits per heavy atom. The predicted octanol–water partition coefficient (Wildman–Crippen LogP) is 4.87. The third-order valence-corrected chi connectivity index (χ3v) is 5.50. The largest absolute Gasteiger partial charge is 0.489 e. The maximum absolute atomic E-state index is 9.86. The number of ether oxygens (including phenoxy) is 4. The van der Waals surface area contributed by atoms with Crippen LogP contribution < -0.4 is 24.7 Å². The molecular formula is C24H17ClN2O4. The van der Waals surface area contributed by atoms with E-state index >= 15 is 0 Å². The molecule has 2 heterocycles. The molecule has 7 heteroatoms. The lowest BCUT2D eigenvalue weighted by atomic mass is 9.83. The number of nitriles is 1. The van der Waals surface area contributed by atoms with Crippen LogP contribution in [0.15, 0.2) is 72.1 Å². The van der Waals surface area contributed by atoms with Crippen LogP contribution >= 0.6 is 11.6 Å². The van der Waals surface area contributed by atoms with Crippen molar-refractivity contribution in [1.82, 2.24) is 0 Å². The molecule has 2 N–H and O–H groups in total. The highest BCUT2D eigenvalue weighted by Gasteiger charge is 2.34. The van der Waals surface area contributed by atoms with Gasteiger partial charge in [0.25, 0.3) is 0 Å². The van der Waals surface area contributed by atoms with Crippen molar-refractivity contribution in [3.8, 4) is 29.1 Å². The van der Waals surface area contributed by atoms with Crippen LogP contribution in [-0.4, -0.2) is 6.79 Å². The lowest BCUT2D eigenvalue weighted by Gasteiger charge is -2.28. The molecule has 2 aliphatic heterocycles. The molecule has 5 rings (SSSR count). The Kier molecular flexibility index (Phi) is 4.81. The van der Waals surface area contributed by atoms with Gasteiger partial charge in [-0.3, -0.25) is 0 Å². The number of rotatable bonds is 4. The van der Waals surface area contributed by atoms with Gasteiger partial charge >= 0.3 is 0 Å². The molecule has 1 unspecified atom stereocenters. The molecule has 154 valence electrons. The molecule has 0 saturated heterocycles. The summed E-state index contributed by atoms with van der Waals surface area (Å²) in [5.74, 6) is 1.95. The van der Waals surface area contributed by atoms with Gasteiger partial charge in [-0.15, -0.1) is 0 Å². The molecule has 0 aromatic heterocycles. The summed E-state index contributed by atoms with van der Waals surface area (Å²) in [7, 11) is 0. The van der Waals surface area contributed by atoms with E-state index in [2.05, 4.69) is 6.07 Å². The fourth-order valence-electron chi connectivity index (χ4n) is 3.76. The Bertz CT molecular complexity index is 1230. The molecule has 6 nitrogen and oxygen atoms in total. The van der Waals surface area contributed by atoms with E-state index < -0.39 is 5.92 Å². The lowest BCUT2D eigenvalue weighted by Crippen LogP contribution is -2.21. The molecule has 0 spiro atoms. The van der Waals surface area contributed by atoms with Gasteiger partial charge in [0.15, 0.2) is 11.5 Å². The molecule has 0 saturated carbocycles. The van der Waals surface area contributed by atoms with Gasteiger partial charge in [0, 0.05) is 22.2 Å². The van der Waals surface area contributed by atoms with E-state index in [0.29, 0.717) is 40.2 Å². The zero-order valence-electron chi connectivity index (χ0n) is 16.3. The first-order valence-electron chi connectivity index (χ1n) is 9.61. The Morgan fingerprint density at radius 1 is 1.00 bits per heavy atom. The summed E-state index contributed by atoms with van der Waals surface area (Å²) in [4.78, 5) is 0. The summed E-state index contributed by atoms with van der Waals surface area (Å²) in [6.07, 6.45) is 0. The summed E-state index contributed by atoms with van der Waals surface area (Å²) in [5.41, 5.74) is 8.97. The highest BCUT2D eigenvalue weighted by atomic mass is 35.5. The maximum atomic E-state index is 9.86. The van der Waals surface area contributed by atoms with E-state index in [9.17, 15) is 5.26 Å². The molecule has 3 aromatic rings. The zero-order valence-corrected chi connectivity index (χ0v) is 17.1. The lowest BCUT2D eigenvalue weighted by molar-refractivity contribution is 0.174. The minimum Gasteiger partial charge on any atom is -0.489 e. The van der Waals surface area contributed by atoms with Crippen molar-refractivity contribution in [3.63, 3.8) is 0 Å². The van der Waals surface area contributed by atoms with Crippen molar-refractivity contribution >= 4 is 11.6 Å². The smallest absolute Gasteiger partial charge is 0.231 e. The number of hydrogen-bond donors (Lipinski definition) is 1. The fourth-order valence-corrected chi connectivity index (χ4v) is 3.89. The Morgan fingerprint density at radius 2 is 1.74 bits per heavy atom. The van der Waals surface area contributed by atoms with E-state index in [4.69, 9.17) is 36.3 Å². The monoisotopic (exact) mass is 432 g/mol. The number of para-hydroxylation sites is 1. The van der Waals surface area contributed by atoms with Crippen molar-refractivity contribution in [2.24, 2.45) is 5.73 Å². The first-order valence-corrected chi connectivity index (χ1v) is 9.99. The normalized spacial score (nSPS) is 16.3. The van der Waals surface area contributed by atoms with Crippen molar-refractivity contribution < 1.29 is 18.9 Å². The summed E-state index contributed by atoms with van der Waals surface area (Å²) in [6, 6.07) is 20.8. The van der Waals surface area contributed by atoms with Crippen molar-refractivity contribution in [2.45, 2.75) is 12.5 Å². The summed E-state index contributed by atoms with van der Waals surface area (Å²) >= 11 is 5.97. The summed E-state index contributed by atoms with van der Waals surface area (Å²) in [6.45, 7) is 0.490. The molecule has 3 aromatic carbocycles. The van der Waals surface area contributed by atoms with Crippen molar-refractivity contribution in [3.05, 3.63) is 93.8 Å². The molecule has 1 atom stereocenters. The van der Waals surface area contributed by atoms with Crippen LogP contribution in [0.25, 0.3) is 0 Å². The molecule has 31 heavy (non-hydrogen) atoms. The summed E-state index contributed by atoms with van der Waals surface area (Å²) < 4.78 is 22.9. The van der Waals surface area contributed by atoms with E-state index in [1.54, 1.807) is 6.07 Å². The highest BCUT2D eigenvalue weighted by Crippen LogP contribution is 2.49. The number of halogens is 1. The Hall–Kier alpha value is -3.82. The van der Waals surface area contributed by atoms with Crippen LogP contribution in [0.5, 0.6) is 23.0 Å². The van der Waals surface area contributed by atoms with E-state index in [1.807, 2.05) is 54.6 Å². The van der Waals surface area contributed by atoms with Crippen LogP contribution in [0.2, 0.25) is 5.02 Å². The Labute approximate surface area is 184 Å². The molecule has 0 radical (unpaired) electrons. The van der Waals surface area contributed by atoms with E-state index in [0.717, 1.165) is 16.7 Å². The second-order valence-corrected chi connectivity index (χ2v) is 7.56. The van der Waals surface area contributed by atoms with Crippen LogP contribution in [-0.2, 0) is 6.61 Å². The quantitative estimate of drug-likeness (QED) is 0.633. The molecular weight excluding hydrogens is 416 g/mol. The molecule has 0 amide bonds. The zero-order chi connectivity index (χ0) is 21.4. The van der Waals surface area contributed by atoms with Crippen molar-refractivity contribution in [2.75, 3.05) is 6.79 Å². The Balaban J connectivity index is 1.56. The molecule has 2 aliphatic rings. The predicted molar refractivity (Wildman–Crippen MR) is 114 cm³/mol. The second-order valence-electron chi connectivity index (χ2n) is 7.12. The van der Waals surface area contributed by atoms with Gasteiger partial charge in [0.2, 0.25) is 12.7 Å². The standard InChI is InChI=1S/C24H17ClN2O4/c25-15-7-5-14(6-8-15)12-28-19-4-2-1-3-16(19)23-17-9-21-22(30-13-29-21)10-20(17)31-24(27)18(23)11-26/h1-10,23H,12-13,27H2. The first kappa shape index (κ1) is 19.2.